The minimum atomic E-state index is 0.778. The molecule has 4 heterocycles. The number of aromatic nitrogens is 3. The summed E-state index contributed by atoms with van der Waals surface area (Å²) in [5.74, 6) is 0.778. The van der Waals surface area contributed by atoms with Crippen molar-refractivity contribution < 1.29 is 4.42 Å². The van der Waals surface area contributed by atoms with Gasteiger partial charge in [0.25, 0.3) is 0 Å². The molecule has 0 aliphatic carbocycles. The van der Waals surface area contributed by atoms with Crippen molar-refractivity contribution in [3.63, 3.8) is 0 Å². The molecule has 266 valence electrons. The maximum atomic E-state index is 6.21. The molecular weight excluding hydrogens is 671 g/mol. The van der Waals surface area contributed by atoms with E-state index in [1.54, 1.807) is 6.08 Å². The van der Waals surface area contributed by atoms with E-state index in [-0.39, 0.29) is 0 Å². The lowest BCUT2D eigenvalue weighted by atomic mass is 10.1. The molecular formula is C51H41N3O. The van der Waals surface area contributed by atoms with Crippen LogP contribution in [0.4, 0.5) is 0 Å². The van der Waals surface area contributed by atoms with Crippen LogP contribution in [0, 0.1) is 0 Å². The van der Waals surface area contributed by atoms with E-state index in [0.29, 0.717) is 0 Å². The first-order chi connectivity index (χ1) is 27.1. The monoisotopic (exact) mass is 711 g/mol. The van der Waals surface area contributed by atoms with Gasteiger partial charge in [-0.2, -0.15) is 0 Å². The van der Waals surface area contributed by atoms with Crippen molar-refractivity contribution in [1.29, 1.82) is 0 Å². The molecule has 0 saturated carbocycles. The molecule has 0 unspecified atom stereocenters. The number of furan rings is 1. The summed E-state index contributed by atoms with van der Waals surface area (Å²) in [7, 11) is 0. The molecule has 0 N–H and O–H groups in total. The molecule has 0 aliphatic heterocycles. The van der Waals surface area contributed by atoms with Crippen LogP contribution in [0.5, 0.6) is 0 Å². The third-order valence-electron chi connectivity index (χ3n) is 10.7. The van der Waals surface area contributed by atoms with Gasteiger partial charge in [-0.1, -0.05) is 112 Å². The van der Waals surface area contributed by atoms with E-state index in [4.69, 9.17) is 4.42 Å². The predicted octanol–water partition coefficient (Wildman–Crippen LogP) is 14.6. The van der Waals surface area contributed by atoms with Crippen molar-refractivity contribution in [1.82, 2.24) is 13.7 Å². The summed E-state index contributed by atoms with van der Waals surface area (Å²) in [5.41, 5.74) is 13.0. The Labute approximate surface area is 320 Å². The Balaban J connectivity index is 0.00000195. The molecule has 0 atom stereocenters. The molecule has 4 aromatic heterocycles. The summed E-state index contributed by atoms with van der Waals surface area (Å²) in [6.07, 6.45) is 9.79. The first-order valence-electron chi connectivity index (χ1n) is 18.9. The minimum absolute atomic E-state index is 0.778. The van der Waals surface area contributed by atoms with Crippen LogP contribution in [-0.2, 0) is 0 Å². The summed E-state index contributed by atoms with van der Waals surface area (Å²) >= 11 is 0. The third kappa shape index (κ3) is 4.92. The van der Waals surface area contributed by atoms with Gasteiger partial charge in [0, 0.05) is 60.5 Å². The summed E-state index contributed by atoms with van der Waals surface area (Å²) < 4.78 is 13.3. The zero-order chi connectivity index (χ0) is 37.8. The van der Waals surface area contributed by atoms with Gasteiger partial charge in [0.1, 0.15) is 11.3 Å². The van der Waals surface area contributed by atoms with Crippen LogP contribution < -0.4 is 0 Å². The van der Waals surface area contributed by atoms with Crippen molar-refractivity contribution in [3.8, 4) is 17.1 Å². The Bertz CT molecular complexity index is 3170. The number of hydrogen-bond donors (Lipinski definition) is 0. The fourth-order valence-corrected chi connectivity index (χ4v) is 8.54. The highest BCUT2D eigenvalue weighted by Crippen LogP contribution is 2.43. The molecule has 4 heteroatoms. The molecule has 0 amide bonds. The molecule has 55 heavy (non-hydrogen) atoms. The molecule has 10 aromatic rings. The molecule has 0 saturated heterocycles. The van der Waals surface area contributed by atoms with Gasteiger partial charge in [-0.25, -0.2) is 0 Å². The Morgan fingerprint density at radius 3 is 1.75 bits per heavy atom. The van der Waals surface area contributed by atoms with Crippen LogP contribution in [0.15, 0.2) is 158 Å². The van der Waals surface area contributed by atoms with Crippen LogP contribution in [0.25, 0.3) is 107 Å². The second-order valence-electron chi connectivity index (χ2n) is 13.4. The Morgan fingerprint density at radius 2 is 1.09 bits per heavy atom. The lowest BCUT2D eigenvalue weighted by Gasteiger charge is -2.13. The van der Waals surface area contributed by atoms with E-state index >= 15 is 0 Å². The average Bonchev–Trinajstić information content (AvgIpc) is 3.97. The highest BCUT2D eigenvalue weighted by atomic mass is 16.3. The van der Waals surface area contributed by atoms with Crippen LogP contribution in [0.2, 0.25) is 0 Å². The summed E-state index contributed by atoms with van der Waals surface area (Å²) in [5, 5.41) is 7.07. The van der Waals surface area contributed by atoms with Gasteiger partial charge in [0.15, 0.2) is 0 Å². The number of para-hydroxylation sites is 3. The van der Waals surface area contributed by atoms with E-state index in [2.05, 4.69) is 167 Å². The lowest BCUT2D eigenvalue weighted by molar-refractivity contribution is 0.603. The lowest BCUT2D eigenvalue weighted by Crippen LogP contribution is -1.99. The van der Waals surface area contributed by atoms with Crippen molar-refractivity contribution in [2.75, 3.05) is 0 Å². The number of nitrogens with zero attached hydrogens (tertiary/aromatic N) is 3. The predicted molar refractivity (Wildman–Crippen MR) is 238 cm³/mol. The van der Waals surface area contributed by atoms with E-state index in [1.165, 1.54) is 27.1 Å². The maximum absolute atomic E-state index is 6.21. The molecule has 4 nitrogen and oxygen atoms in total. The van der Waals surface area contributed by atoms with E-state index in [0.717, 1.165) is 78.1 Å². The number of benzene rings is 6. The largest absolute Gasteiger partial charge is 0.456 e. The molecule has 0 bridgehead atoms. The van der Waals surface area contributed by atoms with Crippen molar-refractivity contribution >= 4 is 89.8 Å². The SMILES string of the molecule is C=Cc1oc2ccc(-n3c4ccccc4c4ccc5c(c6ccccc6n5-c5ccc(-n6c(C=C)c(C=C)c7ccccc76)cc5)c43)cc2c1/C=C\C.CC. The third-order valence-corrected chi connectivity index (χ3v) is 10.7. The zero-order valence-corrected chi connectivity index (χ0v) is 31.4. The van der Waals surface area contributed by atoms with Gasteiger partial charge in [0.05, 0.1) is 33.3 Å². The summed E-state index contributed by atoms with van der Waals surface area (Å²) in [6, 6.07) is 45.9. The second-order valence-corrected chi connectivity index (χ2v) is 13.4. The Morgan fingerprint density at radius 1 is 0.491 bits per heavy atom. The second kappa shape index (κ2) is 13.4. The van der Waals surface area contributed by atoms with Gasteiger partial charge >= 0.3 is 0 Å². The summed E-state index contributed by atoms with van der Waals surface area (Å²) in [6.45, 7) is 18.3. The van der Waals surface area contributed by atoms with Gasteiger partial charge in [-0.15, -0.1) is 0 Å². The van der Waals surface area contributed by atoms with Crippen LogP contribution in [-0.4, -0.2) is 13.7 Å². The van der Waals surface area contributed by atoms with Gasteiger partial charge in [-0.05, 0) is 85.8 Å². The number of rotatable bonds is 7. The Kier molecular flexibility index (Phi) is 8.24. The molecule has 0 aliphatic rings. The van der Waals surface area contributed by atoms with Crippen LogP contribution in [0.1, 0.15) is 43.4 Å². The van der Waals surface area contributed by atoms with Gasteiger partial charge in [0.2, 0.25) is 0 Å². The first kappa shape index (κ1) is 33.8. The molecule has 0 fully saturated rings. The standard InChI is InChI=1S/C49H35N3O.C2H6/c1-5-15-37-40-30-33(26-29-47(40)53-46(37)8-4)52-43-20-13-10-17-36(43)38-27-28-45-48(49(38)52)39-18-11-14-21-44(39)51(45)32-24-22-31(23-25-32)50-41(7-3)34(6-2)35-16-9-12-19-42(35)50;1-2/h5-30H,2-4H2,1H3;1-2H3/b15-5-;. The number of fused-ring (bicyclic) bond motifs is 9. The van der Waals surface area contributed by atoms with E-state index in [1.807, 2.05) is 39.0 Å². The van der Waals surface area contributed by atoms with Crippen molar-refractivity contribution in [3.05, 3.63) is 176 Å². The maximum Gasteiger partial charge on any atom is 0.135 e. The quantitative estimate of drug-likeness (QED) is 0.162. The van der Waals surface area contributed by atoms with Crippen LogP contribution in [0.3, 0.4) is 0 Å². The van der Waals surface area contributed by atoms with Crippen molar-refractivity contribution in [2.24, 2.45) is 0 Å². The Hall–Kier alpha value is -7.04. The normalized spacial score (nSPS) is 11.7. The highest BCUT2D eigenvalue weighted by Gasteiger charge is 2.22. The number of hydrogen-bond acceptors (Lipinski definition) is 1. The fraction of sp³-hybridized carbons (Fsp3) is 0.0588. The topological polar surface area (TPSA) is 27.9 Å². The smallest absolute Gasteiger partial charge is 0.135 e. The van der Waals surface area contributed by atoms with E-state index < -0.39 is 0 Å². The minimum Gasteiger partial charge on any atom is -0.456 e. The van der Waals surface area contributed by atoms with Crippen LogP contribution >= 0.6 is 0 Å². The molecule has 0 radical (unpaired) electrons. The first-order valence-corrected chi connectivity index (χ1v) is 18.9. The van der Waals surface area contributed by atoms with E-state index in [9.17, 15) is 0 Å². The molecule has 6 aromatic carbocycles. The number of allylic oxidation sites excluding steroid dienone is 1. The molecule has 0 spiro atoms. The van der Waals surface area contributed by atoms with Gasteiger partial charge in [-0.3, -0.25) is 0 Å². The fourth-order valence-electron chi connectivity index (χ4n) is 8.54. The summed E-state index contributed by atoms with van der Waals surface area (Å²) in [4.78, 5) is 0. The average molecular weight is 712 g/mol. The highest BCUT2D eigenvalue weighted by molar-refractivity contribution is 6.26. The molecule has 10 rings (SSSR count). The van der Waals surface area contributed by atoms with Crippen molar-refractivity contribution in [2.45, 2.75) is 20.8 Å². The zero-order valence-electron chi connectivity index (χ0n) is 31.4. The van der Waals surface area contributed by atoms with Gasteiger partial charge < -0.3 is 18.1 Å².